The molecule has 1 aromatic rings. The Hall–Kier alpha value is -1.59. The lowest BCUT2D eigenvalue weighted by Gasteiger charge is -2.15. The monoisotopic (exact) mass is 262 g/mol. The van der Waals surface area contributed by atoms with Crippen LogP contribution in [0.1, 0.15) is 30.9 Å². The molecular formula is C13H22N6. The molecule has 1 N–H and O–H groups in total. The van der Waals surface area contributed by atoms with Gasteiger partial charge in [-0.25, -0.2) is 0 Å². The molecule has 2 aliphatic heterocycles. The lowest BCUT2D eigenvalue weighted by atomic mass is 10.2. The molecule has 0 atom stereocenters. The van der Waals surface area contributed by atoms with Gasteiger partial charge in [0.2, 0.25) is 0 Å². The van der Waals surface area contributed by atoms with Crippen molar-refractivity contribution in [1.29, 1.82) is 0 Å². The van der Waals surface area contributed by atoms with Crippen molar-refractivity contribution in [3.05, 3.63) is 11.6 Å². The highest BCUT2D eigenvalue weighted by atomic mass is 15.3. The minimum absolute atomic E-state index is 0.876. The number of likely N-dealkylation sites (N-methyl/N-ethyl adjacent to an activating group) is 1. The van der Waals surface area contributed by atoms with Gasteiger partial charge in [0.05, 0.1) is 6.54 Å². The Balaban J connectivity index is 1.57. The number of aromatic nitrogens is 3. The lowest BCUT2D eigenvalue weighted by Crippen LogP contribution is -2.36. The average Bonchev–Trinajstić information content (AvgIpc) is 2.90. The molecule has 3 rings (SSSR count). The third kappa shape index (κ3) is 2.72. The fraction of sp³-hybridized carbons (Fsp3) is 0.769. The Kier molecular flexibility index (Phi) is 3.66. The third-order valence-corrected chi connectivity index (χ3v) is 3.88. The van der Waals surface area contributed by atoms with E-state index < -0.39 is 0 Å². The number of nitrogens with one attached hydrogen (secondary N) is 1. The first-order chi connectivity index (χ1) is 9.34. The summed E-state index contributed by atoms with van der Waals surface area (Å²) in [6, 6.07) is 0. The van der Waals surface area contributed by atoms with Crippen molar-refractivity contribution < 1.29 is 0 Å². The second kappa shape index (κ2) is 5.59. The van der Waals surface area contributed by atoms with Crippen molar-refractivity contribution in [2.24, 2.45) is 4.99 Å². The first-order valence-electron chi connectivity index (χ1n) is 7.25. The maximum absolute atomic E-state index is 4.43. The average molecular weight is 262 g/mol. The van der Waals surface area contributed by atoms with Gasteiger partial charge in [-0.2, -0.15) is 0 Å². The van der Waals surface area contributed by atoms with Gasteiger partial charge in [-0.1, -0.05) is 6.42 Å². The quantitative estimate of drug-likeness (QED) is 0.858. The van der Waals surface area contributed by atoms with Gasteiger partial charge in [-0.05, 0) is 12.8 Å². The standard InChI is InChI=1S/C13H22N6/c1-18-10-8-15-13(18)14-7-6-12-17-16-11-5-3-2-4-9-19(11)12/h2-10H2,1H3,(H,14,15). The zero-order valence-electron chi connectivity index (χ0n) is 11.6. The first kappa shape index (κ1) is 12.4. The molecule has 0 saturated carbocycles. The van der Waals surface area contributed by atoms with E-state index in [0.29, 0.717) is 0 Å². The molecular weight excluding hydrogens is 240 g/mol. The number of fused-ring (bicyclic) bond motifs is 1. The topological polar surface area (TPSA) is 58.3 Å². The summed E-state index contributed by atoms with van der Waals surface area (Å²) in [6.45, 7) is 3.88. The van der Waals surface area contributed by atoms with Crippen molar-refractivity contribution in [1.82, 2.24) is 25.0 Å². The van der Waals surface area contributed by atoms with Gasteiger partial charge in [0.25, 0.3) is 0 Å². The zero-order valence-corrected chi connectivity index (χ0v) is 11.6. The van der Waals surface area contributed by atoms with Crippen molar-refractivity contribution in [3.63, 3.8) is 0 Å². The second-order valence-electron chi connectivity index (χ2n) is 5.30. The van der Waals surface area contributed by atoms with Crippen LogP contribution in [-0.2, 0) is 19.4 Å². The number of nitrogens with zero attached hydrogens (tertiary/aromatic N) is 5. The highest BCUT2D eigenvalue weighted by molar-refractivity contribution is 5.81. The summed E-state index contributed by atoms with van der Waals surface area (Å²) in [7, 11) is 2.07. The predicted octanol–water partition coefficient (Wildman–Crippen LogP) is 0.438. The van der Waals surface area contributed by atoms with Gasteiger partial charge >= 0.3 is 0 Å². The highest BCUT2D eigenvalue weighted by Gasteiger charge is 2.15. The van der Waals surface area contributed by atoms with Crippen LogP contribution in [0.4, 0.5) is 0 Å². The molecule has 0 unspecified atom stereocenters. The molecule has 2 aliphatic rings. The highest BCUT2D eigenvalue weighted by Crippen LogP contribution is 2.14. The van der Waals surface area contributed by atoms with Gasteiger partial charge in [0.1, 0.15) is 11.6 Å². The van der Waals surface area contributed by atoms with E-state index in [2.05, 4.69) is 37.0 Å². The Morgan fingerprint density at radius 1 is 1.16 bits per heavy atom. The maximum atomic E-state index is 4.43. The normalized spacial score (nSPS) is 19.0. The maximum Gasteiger partial charge on any atom is 0.193 e. The van der Waals surface area contributed by atoms with Crippen LogP contribution in [-0.4, -0.2) is 52.3 Å². The van der Waals surface area contributed by atoms with Gasteiger partial charge < -0.3 is 14.8 Å². The van der Waals surface area contributed by atoms with Gasteiger partial charge in [-0.3, -0.25) is 4.99 Å². The van der Waals surface area contributed by atoms with E-state index >= 15 is 0 Å². The molecule has 0 radical (unpaired) electrons. The fourth-order valence-electron chi connectivity index (χ4n) is 2.74. The first-order valence-corrected chi connectivity index (χ1v) is 7.25. The second-order valence-corrected chi connectivity index (χ2v) is 5.30. The van der Waals surface area contributed by atoms with Crippen LogP contribution in [0.3, 0.4) is 0 Å². The molecule has 0 spiro atoms. The summed E-state index contributed by atoms with van der Waals surface area (Å²) in [5, 5.41) is 12.1. The number of rotatable bonds is 3. The molecule has 0 bridgehead atoms. The van der Waals surface area contributed by atoms with E-state index in [0.717, 1.165) is 50.8 Å². The Bertz CT molecular complexity index is 464. The van der Waals surface area contributed by atoms with E-state index in [4.69, 9.17) is 0 Å². The SMILES string of the molecule is CN1CCN=C1NCCc1nnc2n1CCCCC2. The number of hydrogen-bond acceptors (Lipinski definition) is 5. The third-order valence-electron chi connectivity index (χ3n) is 3.88. The predicted molar refractivity (Wildman–Crippen MR) is 74.2 cm³/mol. The smallest absolute Gasteiger partial charge is 0.193 e. The molecule has 6 heteroatoms. The van der Waals surface area contributed by atoms with E-state index in [1.807, 2.05) is 0 Å². The van der Waals surface area contributed by atoms with E-state index in [9.17, 15) is 0 Å². The molecule has 0 aliphatic carbocycles. The van der Waals surface area contributed by atoms with Crippen LogP contribution in [0.15, 0.2) is 4.99 Å². The molecule has 19 heavy (non-hydrogen) atoms. The zero-order chi connectivity index (χ0) is 13.1. The van der Waals surface area contributed by atoms with Crippen molar-refractivity contribution in [2.45, 2.75) is 38.6 Å². The van der Waals surface area contributed by atoms with Crippen LogP contribution in [0.5, 0.6) is 0 Å². The van der Waals surface area contributed by atoms with Crippen molar-refractivity contribution in [2.75, 3.05) is 26.7 Å². The summed E-state index contributed by atoms with van der Waals surface area (Å²) in [6.07, 6.45) is 5.80. The van der Waals surface area contributed by atoms with Gasteiger partial charge in [-0.15, -0.1) is 10.2 Å². The minimum Gasteiger partial charge on any atom is -0.356 e. The van der Waals surface area contributed by atoms with Crippen LogP contribution in [0.25, 0.3) is 0 Å². The van der Waals surface area contributed by atoms with Gasteiger partial charge in [0.15, 0.2) is 5.96 Å². The molecule has 0 amide bonds. The van der Waals surface area contributed by atoms with Crippen LogP contribution < -0.4 is 5.32 Å². The van der Waals surface area contributed by atoms with Crippen LogP contribution in [0, 0.1) is 0 Å². The number of hydrogen-bond donors (Lipinski definition) is 1. The Morgan fingerprint density at radius 2 is 2.11 bits per heavy atom. The lowest BCUT2D eigenvalue weighted by molar-refractivity contribution is 0.531. The molecule has 6 nitrogen and oxygen atoms in total. The number of guanidine groups is 1. The molecule has 0 aromatic carbocycles. The number of aryl methyl sites for hydroxylation is 1. The molecule has 0 saturated heterocycles. The van der Waals surface area contributed by atoms with Crippen molar-refractivity contribution >= 4 is 5.96 Å². The van der Waals surface area contributed by atoms with E-state index in [-0.39, 0.29) is 0 Å². The molecule has 3 heterocycles. The Labute approximate surface area is 113 Å². The summed E-state index contributed by atoms with van der Waals surface area (Å²) in [5.74, 6) is 3.30. The number of aliphatic imine (C=N–C) groups is 1. The summed E-state index contributed by atoms with van der Waals surface area (Å²) < 4.78 is 2.31. The summed E-state index contributed by atoms with van der Waals surface area (Å²) in [4.78, 5) is 6.58. The van der Waals surface area contributed by atoms with Crippen LogP contribution in [0.2, 0.25) is 0 Å². The van der Waals surface area contributed by atoms with E-state index in [1.54, 1.807) is 0 Å². The molecule has 1 aromatic heterocycles. The molecule has 104 valence electrons. The minimum atomic E-state index is 0.876. The van der Waals surface area contributed by atoms with Crippen LogP contribution >= 0.6 is 0 Å². The fourth-order valence-corrected chi connectivity index (χ4v) is 2.74. The van der Waals surface area contributed by atoms with Gasteiger partial charge in [0, 0.05) is 39.5 Å². The van der Waals surface area contributed by atoms with Crippen molar-refractivity contribution in [3.8, 4) is 0 Å². The Morgan fingerprint density at radius 3 is 2.95 bits per heavy atom. The largest absolute Gasteiger partial charge is 0.356 e. The molecule has 0 fully saturated rings. The summed E-state index contributed by atoms with van der Waals surface area (Å²) in [5.41, 5.74) is 0. The van der Waals surface area contributed by atoms with E-state index in [1.165, 1.54) is 25.1 Å². The summed E-state index contributed by atoms with van der Waals surface area (Å²) >= 11 is 0.